The number of aromatic nitrogens is 2. The van der Waals surface area contributed by atoms with Crippen LogP contribution in [0, 0.1) is 0 Å². The molecule has 23 heavy (non-hydrogen) atoms. The van der Waals surface area contributed by atoms with Gasteiger partial charge in [0, 0.05) is 18.2 Å². The fraction of sp³-hybridized carbons (Fsp3) is 0.222. The van der Waals surface area contributed by atoms with Gasteiger partial charge in [0.15, 0.2) is 5.82 Å². The molecule has 0 spiro atoms. The molecule has 1 aliphatic heterocycles. The molecule has 0 unspecified atom stereocenters. The van der Waals surface area contributed by atoms with Gasteiger partial charge in [-0.1, -0.05) is 41.4 Å². The van der Waals surface area contributed by atoms with Crippen molar-refractivity contribution in [3.8, 4) is 0 Å². The van der Waals surface area contributed by atoms with E-state index in [1.54, 1.807) is 12.1 Å². The Labute approximate surface area is 144 Å². The van der Waals surface area contributed by atoms with Crippen LogP contribution in [0.25, 0.3) is 11.0 Å². The van der Waals surface area contributed by atoms with Crippen LogP contribution in [-0.2, 0) is 5.41 Å². The zero-order valence-electron chi connectivity index (χ0n) is 13.1. The Kier molecular flexibility index (Phi) is 3.09. The van der Waals surface area contributed by atoms with Crippen molar-refractivity contribution in [3.63, 3.8) is 0 Å². The number of anilines is 2. The number of fused-ring (bicyclic) bond motifs is 3. The third-order valence-electron chi connectivity index (χ3n) is 4.54. The van der Waals surface area contributed by atoms with E-state index in [1.165, 1.54) is 5.56 Å². The number of para-hydroxylation sites is 1. The van der Waals surface area contributed by atoms with Crippen molar-refractivity contribution < 1.29 is 0 Å². The summed E-state index contributed by atoms with van der Waals surface area (Å²) in [6.45, 7) is 4.35. The molecule has 2 heterocycles. The molecule has 0 bridgehead atoms. The molecule has 2 aromatic carbocycles. The highest BCUT2D eigenvalue weighted by Crippen LogP contribution is 2.47. The van der Waals surface area contributed by atoms with Crippen LogP contribution in [0.4, 0.5) is 11.5 Å². The van der Waals surface area contributed by atoms with Gasteiger partial charge in [0.05, 0.1) is 26.8 Å². The highest BCUT2D eigenvalue weighted by Gasteiger charge is 2.37. The van der Waals surface area contributed by atoms with Crippen LogP contribution in [0.1, 0.15) is 25.1 Å². The minimum atomic E-state index is -0.230. The first-order valence-corrected chi connectivity index (χ1v) is 8.15. The Bertz CT molecular complexity index is 950. The van der Waals surface area contributed by atoms with Gasteiger partial charge in [-0.2, -0.15) is 0 Å². The van der Waals surface area contributed by atoms with Crippen LogP contribution in [0.5, 0.6) is 0 Å². The van der Waals surface area contributed by atoms with Crippen LogP contribution < -0.4 is 4.90 Å². The molecule has 3 aromatic rings. The number of rotatable bonds is 0. The number of nitrogens with zero attached hydrogens (tertiary/aromatic N) is 3. The van der Waals surface area contributed by atoms with Crippen LogP contribution in [0.15, 0.2) is 36.4 Å². The smallest absolute Gasteiger partial charge is 0.156 e. The number of hydrogen-bond acceptors (Lipinski definition) is 3. The third kappa shape index (κ3) is 2.03. The molecule has 5 heteroatoms. The van der Waals surface area contributed by atoms with Gasteiger partial charge in [-0.05, 0) is 37.6 Å². The summed E-state index contributed by atoms with van der Waals surface area (Å²) in [5.74, 6) is 0.861. The molecule has 0 saturated carbocycles. The molecular weight excluding hydrogens is 329 g/mol. The zero-order valence-corrected chi connectivity index (χ0v) is 14.6. The molecule has 1 aliphatic rings. The molecule has 0 radical (unpaired) electrons. The van der Waals surface area contributed by atoms with E-state index in [0.717, 1.165) is 28.2 Å². The van der Waals surface area contributed by atoms with E-state index < -0.39 is 0 Å². The Hall–Kier alpha value is -1.84. The predicted octanol–water partition coefficient (Wildman–Crippen LogP) is 5.34. The van der Waals surface area contributed by atoms with Gasteiger partial charge < -0.3 is 4.90 Å². The highest BCUT2D eigenvalue weighted by molar-refractivity contribution is 6.42. The summed E-state index contributed by atoms with van der Waals surface area (Å²) in [6.07, 6.45) is 0. The first kappa shape index (κ1) is 14.7. The quantitative estimate of drug-likeness (QED) is 0.551. The largest absolute Gasteiger partial charge is 0.328 e. The summed E-state index contributed by atoms with van der Waals surface area (Å²) >= 11 is 12.3. The molecule has 4 rings (SSSR count). The van der Waals surface area contributed by atoms with Crippen molar-refractivity contribution in [1.82, 2.24) is 9.97 Å². The summed E-state index contributed by atoms with van der Waals surface area (Å²) in [4.78, 5) is 11.8. The van der Waals surface area contributed by atoms with Crippen LogP contribution >= 0.6 is 23.2 Å². The second kappa shape index (κ2) is 4.83. The number of halogens is 2. The minimum Gasteiger partial charge on any atom is -0.328 e. The van der Waals surface area contributed by atoms with E-state index in [9.17, 15) is 0 Å². The molecule has 0 amide bonds. The maximum atomic E-state index is 6.14. The maximum Gasteiger partial charge on any atom is 0.156 e. The van der Waals surface area contributed by atoms with Gasteiger partial charge >= 0.3 is 0 Å². The lowest BCUT2D eigenvalue weighted by molar-refractivity contribution is 0.604. The zero-order chi connectivity index (χ0) is 16.4. The fourth-order valence-corrected chi connectivity index (χ4v) is 3.55. The van der Waals surface area contributed by atoms with Crippen LogP contribution in [0.3, 0.4) is 0 Å². The average molecular weight is 344 g/mol. The van der Waals surface area contributed by atoms with Crippen molar-refractivity contribution >= 4 is 45.7 Å². The van der Waals surface area contributed by atoms with Crippen LogP contribution in [0.2, 0.25) is 10.0 Å². The van der Waals surface area contributed by atoms with Gasteiger partial charge in [0.1, 0.15) is 0 Å². The fourth-order valence-electron chi connectivity index (χ4n) is 3.23. The normalized spacial score (nSPS) is 15.4. The van der Waals surface area contributed by atoms with Crippen LogP contribution in [-0.4, -0.2) is 17.0 Å². The molecule has 3 nitrogen and oxygen atoms in total. The second-order valence-corrected chi connectivity index (χ2v) is 7.17. The van der Waals surface area contributed by atoms with Crippen molar-refractivity contribution in [3.05, 3.63) is 57.7 Å². The summed E-state index contributed by atoms with van der Waals surface area (Å²) < 4.78 is 0. The van der Waals surface area contributed by atoms with Gasteiger partial charge in [-0.25, -0.2) is 9.97 Å². The molecule has 116 valence electrons. The molecule has 0 saturated heterocycles. The van der Waals surface area contributed by atoms with Gasteiger partial charge in [-0.15, -0.1) is 0 Å². The Balaban J connectivity index is 2.07. The van der Waals surface area contributed by atoms with Gasteiger partial charge in [0.25, 0.3) is 0 Å². The number of benzene rings is 2. The average Bonchev–Trinajstić information content (AvgIpc) is 2.53. The Morgan fingerprint density at radius 2 is 1.57 bits per heavy atom. The lowest BCUT2D eigenvalue weighted by atomic mass is 9.77. The predicted molar refractivity (Wildman–Crippen MR) is 96.2 cm³/mol. The van der Waals surface area contributed by atoms with E-state index in [0.29, 0.717) is 10.0 Å². The van der Waals surface area contributed by atoms with E-state index in [2.05, 4.69) is 36.9 Å². The highest BCUT2D eigenvalue weighted by atomic mass is 35.5. The Morgan fingerprint density at radius 1 is 0.957 bits per heavy atom. The summed E-state index contributed by atoms with van der Waals surface area (Å²) in [5, 5.41) is 0.988. The van der Waals surface area contributed by atoms with E-state index in [-0.39, 0.29) is 5.41 Å². The first-order valence-electron chi connectivity index (χ1n) is 7.40. The summed E-state index contributed by atoms with van der Waals surface area (Å²) in [5.41, 5.74) is 4.62. The van der Waals surface area contributed by atoms with Gasteiger partial charge in [-0.3, -0.25) is 0 Å². The van der Waals surface area contributed by atoms with Gasteiger partial charge in [0.2, 0.25) is 0 Å². The van der Waals surface area contributed by atoms with Crippen molar-refractivity contribution in [2.45, 2.75) is 19.3 Å². The minimum absolute atomic E-state index is 0.230. The van der Waals surface area contributed by atoms with Crippen molar-refractivity contribution in [2.24, 2.45) is 0 Å². The molecule has 0 fully saturated rings. The van der Waals surface area contributed by atoms with E-state index in [1.807, 2.05) is 13.1 Å². The topological polar surface area (TPSA) is 29.0 Å². The maximum absolute atomic E-state index is 6.14. The third-order valence-corrected chi connectivity index (χ3v) is 5.26. The monoisotopic (exact) mass is 343 g/mol. The summed E-state index contributed by atoms with van der Waals surface area (Å²) in [6, 6.07) is 11.9. The van der Waals surface area contributed by atoms with E-state index >= 15 is 0 Å². The Morgan fingerprint density at radius 3 is 2.26 bits per heavy atom. The molecule has 0 aliphatic carbocycles. The lowest BCUT2D eigenvalue weighted by Gasteiger charge is -2.38. The number of hydrogen-bond donors (Lipinski definition) is 0. The molecule has 1 aromatic heterocycles. The second-order valence-electron chi connectivity index (χ2n) is 6.35. The standard InChI is InChI=1S/C18H15Cl2N3/c1-18(2)10-6-4-5-7-15(10)23(3)17-16(18)21-13-8-11(19)12(20)9-14(13)22-17/h4-9H,1-3H3. The van der Waals surface area contributed by atoms with E-state index in [4.69, 9.17) is 33.2 Å². The lowest BCUT2D eigenvalue weighted by Crippen LogP contribution is -2.32. The molecule has 0 atom stereocenters. The molecule has 0 N–H and O–H groups in total. The van der Waals surface area contributed by atoms with Crippen molar-refractivity contribution in [2.75, 3.05) is 11.9 Å². The molecular formula is C18H15Cl2N3. The summed E-state index contributed by atoms with van der Waals surface area (Å²) in [7, 11) is 2.02. The first-order chi connectivity index (χ1) is 10.9. The van der Waals surface area contributed by atoms with Crippen molar-refractivity contribution in [1.29, 1.82) is 0 Å². The SMILES string of the molecule is CN1c2ccccc2C(C)(C)c2nc3cc(Cl)c(Cl)cc3nc21.